The summed E-state index contributed by atoms with van der Waals surface area (Å²) in [5.74, 6) is -0.241. The minimum atomic E-state index is -0.735. The number of nitro benzene ring substituents is 1. The van der Waals surface area contributed by atoms with Crippen molar-refractivity contribution in [3.05, 3.63) is 40.3 Å². The molecule has 0 bridgehead atoms. The van der Waals surface area contributed by atoms with Crippen LogP contribution in [0.5, 0.6) is 0 Å². The molecule has 1 aromatic heterocycles. The molecule has 0 radical (unpaired) electrons. The van der Waals surface area contributed by atoms with Crippen LogP contribution in [0, 0.1) is 21.4 Å². The smallest absolute Gasteiger partial charge is 0.309 e. The third kappa shape index (κ3) is 5.25. The van der Waals surface area contributed by atoms with Gasteiger partial charge >= 0.3 is 5.97 Å². The van der Waals surface area contributed by atoms with Gasteiger partial charge in [-0.25, -0.2) is 0 Å². The van der Waals surface area contributed by atoms with Gasteiger partial charge in [-0.3, -0.25) is 19.7 Å². The molecule has 0 N–H and O–H groups in total. The van der Waals surface area contributed by atoms with E-state index < -0.39 is 16.4 Å². The number of likely N-dealkylation sites (tertiary alicyclic amines) is 1. The molecule has 1 aliphatic heterocycles. The van der Waals surface area contributed by atoms with Gasteiger partial charge in [0.25, 0.3) is 11.6 Å². The van der Waals surface area contributed by atoms with Crippen LogP contribution in [0.2, 0.25) is 0 Å². The van der Waals surface area contributed by atoms with Gasteiger partial charge in [-0.05, 0) is 31.9 Å². The van der Waals surface area contributed by atoms with E-state index in [0.717, 1.165) is 0 Å². The largest absolute Gasteiger partial charge is 0.452 e. The molecule has 166 valence electrons. The topological polar surface area (TPSA) is 129 Å². The summed E-state index contributed by atoms with van der Waals surface area (Å²) in [7, 11) is 0. The maximum Gasteiger partial charge on any atom is 0.309 e. The second-order valence-corrected chi connectivity index (χ2v) is 8.65. The molecular weight excluding hydrogens is 404 g/mol. The van der Waals surface area contributed by atoms with Crippen molar-refractivity contribution in [1.29, 1.82) is 0 Å². The highest BCUT2D eigenvalue weighted by molar-refractivity contribution is 5.82. The van der Waals surface area contributed by atoms with Crippen molar-refractivity contribution < 1.29 is 23.7 Å². The van der Waals surface area contributed by atoms with Crippen molar-refractivity contribution in [3.8, 4) is 11.5 Å². The Morgan fingerprint density at radius 1 is 1.19 bits per heavy atom. The quantitative estimate of drug-likeness (QED) is 0.400. The van der Waals surface area contributed by atoms with E-state index >= 15 is 0 Å². The highest BCUT2D eigenvalue weighted by Crippen LogP contribution is 2.28. The standard InChI is InChI=1S/C21H26N4O6/c1-13(17-22-23-18(31-17)14-5-7-16(8-6-14)25(28)29)30-19(26)15-9-11-24(12-10-15)20(27)21(2,3)4/h5-8,13,15H,9-12H2,1-4H3/t13-/m1/s1. The van der Waals surface area contributed by atoms with Gasteiger partial charge in [0, 0.05) is 36.2 Å². The lowest BCUT2D eigenvalue weighted by atomic mass is 9.91. The third-order valence-electron chi connectivity index (χ3n) is 5.16. The van der Waals surface area contributed by atoms with Crippen molar-refractivity contribution >= 4 is 17.6 Å². The number of nitro groups is 1. The first kappa shape index (κ1) is 22.4. The molecule has 31 heavy (non-hydrogen) atoms. The number of ether oxygens (including phenoxy) is 1. The van der Waals surface area contributed by atoms with Crippen molar-refractivity contribution in [3.63, 3.8) is 0 Å². The van der Waals surface area contributed by atoms with E-state index in [1.54, 1.807) is 11.8 Å². The zero-order valence-corrected chi connectivity index (χ0v) is 18.0. The van der Waals surface area contributed by atoms with Gasteiger partial charge in [-0.15, -0.1) is 10.2 Å². The number of piperidine rings is 1. The molecule has 1 saturated heterocycles. The van der Waals surface area contributed by atoms with Crippen LogP contribution in [0.1, 0.15) is 52.5 Å². The maximum absolute atomic E-state index is 12.6. The molecule has 0 spiro atoms. The molecule has 0 saturated carbocycles. The Balaban J connectivity index is 1.56. The molecule has 0 aliphatic carbocycles. The summed E-state index contributed by atoms with van der Waals surface area (Å²) in [5.41, 5.74) is 0.0427. The van der Waals surface area contributed by atoms with E-state index in [2.05, 4.69) is 10.2 Å². The van der Waals surface area contributed by atoms with Gasteiger partial charge in [0.05, 0.1) is 10.8 Å². The monoisotopic (exact) mass is 430 g/mol. The fourth-order valence-corrected chi connectivity index (χ4v) is 3.35. The number of amides is 1. The number of aromatic nitrogens is 2. The second-order valence-electron chi connectivity index (χ2n) is 8.65. The summed E-state index contributed by atoms with van der Waals surface area (Å²) in [5, 5.41) is 18.6. The van der Waals surface area contributed by atoms with Gasteiger partial charge in [0.2, 0.25) is 11.8 Å². The number of non-ortho nitro benzene ring substituents is 1. The van der Waals surface area contributed by atoms with Crippen LogP contribution < -0.4 is 0 Å². The number of rotatable bonds is 5. The summed E-state index contributed by atoms with van der Waals surface area (Å²) in [6.07, 6.45) is 0.359. The molecule has 1 amide bonds. The zero-order valence-electron chi connectivity index (χ0n) is 18.0. The first-order valence-electron chi connectivity index (χ1n) is 10.1. The second kappa shape index (κ2) is 8.83. The van der Waals surface area contributed by atoms with E-state index in [4.69, 9.17) is 9.15 Å². The van der Waals surface area contributed by atoms with Crippen LogP contribution in [-0.2, 0) is 14.3 Å². The van der Waals surface area contributed by atoms with Crippen molar-refractivity contribution in [2.75, 3.05) is 13.1 Å². The Kier molecular flexibility index (Phi) is 6.37. The highest BCUT2D eigenvalue weighted by atomic mass is 16.6. The van der Waals surface area contributed by atoms with E-state index in [1.165, 1.54) is 24.3 Å². The first-order chi connectivity index (χ1) is 14.6. The fraction of sp³-hybridized carbons (Fsp3) is 0.524. The Labute approximate surface area is 179 Å². The van der Waals surface area contributed by atoms with E-state index in [9.17, 15) is 19.7 Å². The maximum atomic E-state index is 12.6. The number of nitrogens with zero attached hydrogens (tertiary/aromatic N) is 4. The number of hydrogen-bond donors (Lipinski definition) is 0. The zero-order chi connectivity index (χ0) is 22.8. The number of carbonyl (C=O) groups excluding carboxylic acids is 2. The number of hydrogen-bond acceptors (Lipinski definition) is 8. The van der Waals surface area contributed by atoms with Crippen LogP contribution in [0.15, 0.2) is 28.7 Å². The van der Waals surface area contributed by atoms with E-state index in [-0.39, 0.29) is 35.3 Å². The average molecular weight is 430 g/mol. The Morgan fingerprint density at radius 2 is 1.81 bits per heavy atom. The predicted octanol–water partition coefficient (Wildman–Crippen LogP) is 3.53. The van der Waals surface area contributed by atoms with E-state index in [0.29, 0.717) is 31.5 Å². The molecule has 1 fully saturated rings. The van der Waals surface area contributed by atoms with Crippen LogP contribution in [0.25, 0.3) is 11.5 Å². The van der Waals surface area contributed by atoms with Crippen molar-refractivity contribution in [1.82, 2.24) is 15.1 Å². The molecule has 0 unspecified atom stereocenters. The van der Waals surface area contributed by atoms with E-state index in [1.807, 2.05) is 20.8 Å². The van der Waals surface area contributed by atoms with Crippen molar-refractivity contribution in [2.45, 2.75) is 46.6 Å². The molecule has 10 nitrogen and oxygen atoms in total. The molecule has 1 aromatic carbocycles. The Hall–Kier alpha value is -3.30. The Bertz CT molecular complexity index is 955. The summed E-state index contributed by atoms with van der Waals surface area (Å²) < 4.78 is 11.1. The lowest BCUT2D eigenvalue weighted by Crippen LogP contribution is -2.45. The van der Waals surface area contributed by atoms with Crippen LogP contribution in [-0.4, -0.2) is 45.0 Å². The molecule has 1 aliphatic rings. The van der Waals surface area contributed by atoms with Crippen LogP contribution in [0.4, 0.5) is 5.69 Å². The number of esters is 1. The summed E-state index contributed by atoms with van der Waals surface area (Å²) in [6, 6.07) is 5.72. The molecule has 10 heteroatoms. The van der Waals surface area contributed by atoms with Gasteiger partial charge in [-0.1, -0.05) is 20.8 Å². The van der Waals surface area contributed by atoms with Crippen LogP contribution in [0.3, 0.4) is 0 Å². The molecule has 2 aromatic rings. The van der Waals surface area contributed by atoms with Crippen molar-refractivity contribution in [2.24, 2.45) is 11.3 Å². The van der Waals surface area contributed by atoms with Gasteiger partial charge in [0.15, 0.2) is 6.10 Å². The molecular formula is C21H26N4O6. The lowest BCUT2D eigenvalue weighted by Gasteiger charge is -2.35. The number of carbonyl (C=O) groups is 2. The molecule has 1 atom stereocenters. The van der Waals surface area contributed by atoms with Crippen LogP contribution >= 0.6 is 0 Å². The summed E-state index contributed by atoms with van der Waals surface area (Å²) >= 11 is 0. The minimum absolute atomic E-state index is 0.0407. The normalized spacial score (nSPS) is 16.1. The molecule has 2 heterocycles. The Morgan fingerprint density at radius 3 is 2.35 bits per heavy atom. The van der Waals surface area contributed by atoms with Gasteiger partial charge < -0.3 is 14.1 Å². The van der Waals surface area contributed by atoms with Gasteiger partial charge in [0.1, 0.15) is 0 Å². The first-order valence-corrected chi connectivity index (χ1v) is 10.1. The minimum Gasteiger partial charge on any atom is -0.452 e. The molecule has 3 rings (SSSR count). The third-order valence-corrected chi connectivity index (χ3v) is 5.16. The number of benzene rings is 1. The predicted molar refractivity (Wildman–Crippen MR) is 110 cm³/mol. The van der Waals surface area contributed by atoms with Gasteiger partial charge in [-0.2, -0.15) is 0 Å². The highest BCUT2D eigenvalue weighted by Gasteiger charge is 2.34. The fourth-order valence-electron chi connectivity index (χ4n) is 3.35. The lowest BCUT2D eigenvalue weighted by molar-refractivity contribution is -0.384. The summed E-state index contributed by atoms with van der Waals surface area (Å²) in [6.45, 7) is 8.33. The average Bonchev–Trinajstić information content (AvgIpc) is 3.23. The SMILES string of the molecule is C[C@@H](OC(=O)C1CCN(C(=O)C(C)(C)C)CC1)c1nnc(-c2ccc([N+](=O)[O-])cc2)o1. The summed E-state index contributed by atoms with van der Waals surface area (Å²) in [4.78, 5) is 37.0.